The van der Waals surface area contributed by atoms with Crippen LogP contribution in [0.2, 0.25) is 0 Å². The number of hydrogen-bond acceptors (Lipinski definition) is 2. The Labute approximate surface area is 113 Å². The van der Waals surface area contributed by atoms with Gasteiger partial charge in [-0.05, 0) is 24.8 Å². The zero-order valence-corrected chi connectivity index (χ0v) is 11.2. The van der Waals surface area contributed by atoms with Crippen molar-refractivity contribution in [2.45, 2.75) is 25.7 Å². The van der Waals surface area contributed by atoms with Gasteiger partial charge in [0.2, 0.25) is 5.91 Å². The van der Waals surface area contributed by atoms with Gasteiger partial charge in [-0.25, -0.2) is 0 Å². The Morgan fingerprint density at radius 1 is 1.17 bits per heavy atom. The second-order valence-corrected chi connectivity index (χ2v) is 5.12. The van der Waals surface area contributed by atoms with Gasteiger partial charge in [0.25, 0.3) is 0 Å². The normalized spacial score (nSPS) is 15.4. The summed E-state index contributed by atoms with van der Waals surface area (Å²) in [6, 6.07) is 7.61. The SMILES string of the molecule is NC(=S)c1ccc(CC(=O)N2CCCCC2)cc1. The Balaban J connectivity index is 1.96. The first-order valence-electron chi connectivity index (χ1n) is 6.33. The van der Waals surface area contributed by atoms with Crippen molar-refractivity contribution >= 4 is 23.1 Å². The van der Waals surface area contributed by atoms with E-state index in [4.69, 9.17) is 18.0 Å². The maximum atomic E-state index is 12.1. The summed E-state index contributed by atoms with van der Waals surface area (Å²) in [7, 11) is 0. The molecule has 1 aliphatic heterocycles. The van der Waals surface area contributed by atoms with E-state index in [1.807, 2.05) is 29.2 Å². The Morgan fingerprint density at radius 3 is 2.33 bits per heavy atom. The number of hydrogen-bond donors (Lipinski definition) is 1. The molecule has 0 atom stereocenters. The van der Waals surface area contributed by atoms with Gasteiger partial charge in [0.15, 0.2) is 0 Å². The average molecular weight is 262 g/mol. The third-order valence-corrected chi connectivity index (χ3v) is 3.54. The van der Waals surface area contributed by atoms with Gasteiger partial charge in [0.1, 0.15) is 4.99 Å². The molecule has 2 rings (SSSR count). The molecule has 0 radical (unpaired) electrons. The highest BCUT2D eigenvalue weighted by Crippen LogP contribution is 2.12. The largest absolute Gasteiger partial charge is 0.389 e. The standard InChI is InChI=1S/C14H18N2OS/c15-14(18)12-6-4-11(5-7-12)10-13(17)16-8-2-1-3-9-16/h4-7H,1-3,8-10H2,(H2,15,18). The van der Waals surface area contributed by atoms with E-state index < -0.39 is 0 Å². The molecule has 18 heavy (non-hydrogen) atoms. The molecule has 96 valence electrons. The van der Waals surface area contributed by atoms with Crippen molar-refractivity contribution in [2.75, 3.05) is 13.1 Å². The Bertz CT molecular complexity index is 436. The molecule has 1 fully saturated rings. The number of rotatable bonds is 3. The lowest BCUT2D eigenvalue weighted by atomic mass is 10.1. The minimum atomic E-state index is 0.220. The van der Waals surface area contributed by atoms with Crippen molar-refractivity contribution in [1.29, 1.82) is 0 Å². The van der Waals surface area contributed by atoms with E-state index in [1.165, 1.54) is 6.42 Å². The number of nitrogens with zero attached hydrogens (tertiary/aromatic N) is 1. The van der Waals surface area contributed by atoms with Crippen LogP contribution in [0.15, 0.2) is 24.3 Å². The molecule has 1 heterocycles. The summed E-state index contributed by atoms with van der Waals surface area (Å²) < 4.78 is 0. The Hall–Kier alpha value is -1.42. The molecule has 2 N–H and O–H groups in total. The topological polar surface area (TPSA) is 46.3 Å². The lowest BCUT2D eigenvalue weighted by molar-refractivity contribution is -0.131. The van der Waals surface area contributed by atoms with Gasteiger partial charge in [-0.15, -0.1) is 0 Å². The molecular formula is C14H18N2OS. The smallest absolute Gasteiger partial charge is 0.226 e. The van der Waals surface area contributed by atoms with Gasteiger partial charge in [-0.3, -0.25) is 4.79 Å². The number of carbonyl (C=O) groups is 1. The van der Waals surface area contributed by atoms with Gasteiger partial charge in [-0.2, -0.15) is 0 Å². The van der Waals surface area contributed by atoms with E-state index in [0.29, 0.717) is 11.4 Å². The number of benzene rings is 1. The Kier molecular flexibility index (Phi) is 4.31. The summed E-state index contributed by atoms with van der Waals surface area (Å²) in [6.45, 7) is 1.81. The third-order valence-electron chi connectivity index (χ3n) is 3.30. The third kappa shape index (κ3) is 3.29. The zero-order chi connectivity index (χ0) is 13.0. The number of carbonyl (C=O) groups excluding carboxylic acids is 1. The monoisotopic (exact) mass is 262 g/mol. The van der Waals surface area contributed by atoms with Crippen LogP contribution in [-0.2, 0) is 11.2 Å². The molecular weight excluding hydrogens is 244 g/mol. The first kappa shape index (κ1) is 13.0. The van der Waals surface area contributed by atoms with Gasteiger partial charge in [0, 0.05) is 18.7 Å². The van der Waals surface area contributed by atoms with Gasteiger partial charge in [0.05, 0.1) is 6.42 Å². The Morgan fingerprint density at radius 2 is 1.78 bits per heavy atom. The molecule has 1 aromatic carbocycles. The second kappa shape index (κ2) is 5.96. The predicted molar refractivity (Wildman–Crippen MR) is 76.5 cm³/mol. The summed E-state index contributed by atoms with van der Waals surface area (Å²) in [5.41, 5.74) is 7.40. The van der Waals surface area contributed by atoms with Crippen molar-refractivity contribution in [1.82, 2.24) is 4.90 Å². The van der Waals surface area contributed by atoms with Crippen LogP contribution >= 0.6 is 12.2 Å². The first-order valence-corrected chi connectivity index (χ1v) is 6.74. The second-order valence-electron chi connectivity index (χ2n) is 4.68. The fourth-order valence-electron chi connectivity index (χ4n) is 2.22. The number of piperidine rings is 1. The highest BCUT2D eigenvalue weighted by Gasteiger charge is 2.16. The molecule has 1 aromatic rings. The number of amides is 1. The fraction of sp³-hybridized carbons (Fsp3) is 0.429. The van der Waals surface area contributed by atoms with Gasteiger partial charge in [-0.1, -0.05) is 36.5 Å². The quantitative estimate of drug-likeness (QED) is 0.846. The summed E-state index contributed by atoms with van der Waals surface area (Å²) in [5, 5.41) is 0. The highest BCUT2D eigenvalue weighted by atomic mass is 32.1. The van der Waals surface area contributed by atoms with Crippen molar-refractivity contribution in [3.8, 4) is 0 Å². The summed E-state index contributed by atoms with van der Waals surface area (Å²) in [4.78, 5) is 14.4. The van der Waals surface area contributed by atoms with Gasteiger partial charge < -0.3 is 10.6 Å². The molecule has 0 aromatic heterocycles. The molecule has 4 heteroatoms. The van der Waals surface area contributed by atoms with E-state index in [0.717, 1.165) is 37.1 Å². The van der Waals surface area contributed by atoms with Crippen LogP contribution in [0.25, 0.3) is 0 Å². The van der Waals surface area contributed by atoms with Crippen molar-refractivity contribution in [3.63, 3.8) is 0 Å². The van der Waals surface area contributed by atoms with E-state index in [-0.39, 0.29) is 5.91 Å². The minimum absolute atomic E-state index is 0.220. The highest BCUT2D eigenvalue weighted by molar-refractivity contribution is 7.80. The van der Waals surface area contributed by atoms with E-state index in [1.54, 1.807) is 0 Å². The van der Waals surface area contributed by atoms with Crippen LogP contribution in [-0.4, -0.2) is 28.9 Å². The van der Waals surface area contributed by atoms with Crippen molar-refractivity contribution in [2.24, 2.45) is 5.73 Å². The summed E-state index contributed by atoms with van der Waals surface area (Å²) in [5.74, 6) is 0.220. The maximum absolute atomic E-state index is 12.1. The molecule has 0 aliphatic carbocycles. The number of thiocarbonyl (C=S) groups is 1. The first-order chi connectivity index (χ1) is 8.66. The zero-order valence-electron chi connectivity index (χ0n) is 10.4. The molecule has 0 saturated carbocycles. The van der Waals surface area contributed by atoms with Crippen molar-refractivity contribution < 1.29 is 4.79 Å². The molecule has 1 amide bonds. The molecule has 0 bridgehead atoms. The van der Waals surface area contributed by atoms with E-state index in [9.17, 15) is 4.79 Å². The van der Waals surface area contributed by atoms with Crippen LogP contribution in [0, 0.1) is 0 Å². The van der Waals surface area contributed by atoms with Crippen LogP contribution in [0.4, 0.5) is 0 Å². The molecule has 3 nitrogen and oxygen atoms in total. The van der Waals surface area contributed by atoms with Crippen molar-refractivity contribution in [3.05, 3.63) is 35.4 Å². The predicted octanol–water partition coefficient (Wildman–Crippen LogP) is 1.88. The number of likely N-dealkylation sites (tertiary alicyclic amines) is 1. The number of nitrogens with two attached hydrogens (primary N) is 1. The minimum Gasteiger partial charge on any atom is -0.389 e. The van der Waals surface area contributed by atoms with E-state index in [2.05, 4.69) is 0 Å². The fourth-order valence-corrected chi connectivity index (χ4v) is 2.35. The molecule has 0 spiro atoms. The van der Waals surface area contributed by atoms with Crippen LogP contribution in [0.5, 0.6) is 0 Å². The molecule has 1 aliphatic rings. The molecule has 0 unspecified atom stereocenters. The summed E-state index contributed by atoms with van der Waals surface area (Å²) >= 11 is 4.90. The van der Waals surface area contributed by atoms with Crippen LogP contribution in [0.3, 0.4) is 0 Å². The lowest BCUT2D eigenvalue weighted by Gasteiger charge is -2.26. The van der Waals surface area contributed by atoms with Gasteiger partial charge >= 0.3 is 0 Å². The lowest BCUT2D eigenvalue weighted by Crippen LogP contribution is -2.36. The summed E-state index contributed by atoms with van der Waals surface area (Å²) in [6.07, 6.45) is 3.97. The average Bonchev–Trinajstić information content (AvgIpc) is 2.40. The van der Waals surface area contributed by atoms with E-state index >= 15 is 0 Å². The van der Waals surface area contributed by atoms with Crippen LogP contribution in [0.1, 0.15) is 30.4 Å². The maximum Gasteiger partial charge on any atom is 0.226 e. The molecule has 1 saturated heterocycles. The van der Waals surface area contributed by atoms with Crippen LogP contribution < -0.4 is 5.73 Å².